The van der Waals surface area contributed by atoms with Crippen LogP contribution in [0.4, 0.5) is 0 Å². The molecule has 0 spiro atoms. The highest BCUT2D eigenvalue weighted by atomic mass is 79.9. The average Bonchev–Trinajstić information content (AvgIpc) is 3.09. The number of rotatable bonds is 4. The zero-order valence-electron chi connectivity index (χ0n) is 11.9. The molecule has 19 heavy (non-hydrogen) atoms. The minimum absolute atomic E-state index is 0.311. The summed E-state index contributed by atoms with van der Waals surface area (Å²) in [5.74, 6) is 2.64. The van der Waals surface area contributed by atoms with E-state index in [1.807, 2.05) is 0 Å². The molecular weight excluding hydrogens is 302 g/mol. The molecule has 2 saturated carbocycles. The molecule has 2 aliphatic carbocycles. The molecule has 0 aromatic carbocycles. The lowest BCUT2D eigenvalue weighted by Crippen LogP contribution is -2.28. The summed E-state index contributed by atoms with van der Waals surface area (Å²) in [6, 6.07) is 0.311. The molecule has 3 atom stereocenters. The van der Waals surface area contributed by atoms with Gasteiger partial charge < -0.3 is 5.73 Å². The molecule has 0 radical (unpaired) electrons. The number of halogens is 1. The largest absolute Gasteiger partial charge is 0.327 e. The molecule has 3 rings (SSSR count). The average molecular weight is 326 g/mol. The van der Waals surface area contributed by atoms with Crippen molar-refractivity contribution in [2.75, 3.05) is 0 Å². The summed E-state index contributed by atoms with van der Waals surface area (Å²) in [4.78, 5) is 0. The Morgan fingerprint density at radius 3 is 2.58 bits per heavy atom. The molecular formula is C15H24BrN3. The fraction of sp³-hybridized carbons (Fsp3) is 0.800. The SMILES string of the molecule is CCn1nc(C)c(Br)c1CC(N)C1C2CCCCC21. The Bertz CT molecular complexity index is 456. The van der Waals surface area contributed by atoms with E-state index < -0.39 is 0 Å². The molecule has 3 nitrogen and oxygen atoms in total. The van der Waals surface area contributed by atoms with Crippen LogP contribution in [0.15, 0.2) is 4.47 Å². The third-order valence-corrected chi connectivity index (χ3v) is 6.13. The van der Waals surface area contributed by atoms with Gasteiger partial charge in [0.25, 0.3) is 0 Å². The molecule has 0 amide bonds. The van der Waals surface area contributed by atoms with Gasteiger partial charge in [0, 0.05) is 19.0 Å². The first kappa shape index (κ1) is 13.6. The fourth-order valence-electron chi connectivity index (χ4n) is 4.11. The number of hydrogen-bond donors (Lipinski definition) is 1. The number of aromatic nitrogens is 2. The van der Waals surface area contributed by atoms with Crippen LogP contribution in [-0.4, -0.2) is 15.8 Å². The summed E-state index contributed by atoms with van der Waals surface area (Å²) in [7, 11) is 0. The topological polar surface area (TPSA) is 43.8 Å². The lowest BCUT2D eigenvalue weighted by atomic mass is 10.0. The Morgan fingerprint density at radius 2 is 2.00 bits per heavy atom. The second-order valence-corrected chi connectivity index (χ2v) is 7.01. The zero-order valence-corrected chi connectivity index (χ0v) is 13.5. The molecule has 0 aliphatic heterocycles. The zero-order chi connectivity index (χ0) is 13.6. The van der Waals surface area contributed by atoms with Gasteiger partial charge in [-0.2, -0.15) is 5.10 Å². The molecule has 3 unspecified atom stereocenters. The summed E-state index contributed by atoms with van der Waals surface area (Å²) >= 11 is 3.68. The van der Waals surface area contributed by atoms with Gasteiger partial charge in [-0.05, 0) is 60.4 Å². The Labute approximate surface area is 124 Å². The molecule has 1 heterocycles. The van der Waals surface area contributed by atoms with Crippen molar-refractivity contribution in [1.29, 1.82) is 0 Å². The van der Waals surface area contributed by atoms with E-state index in [4.69, 9.17) is 5.73 Å². The van der Waals surface area contributed by atoms with Gasteiger partial charge in [0.1, 0.15) is 0 Å². The van der Waals surface area contributed by atoms with Crippen LogP contribution in [0.2, 0.25) is 0 Å². The van der Waals surface area contributed by atoms with Gasteiger partial charge in [-0.1, -0.05) is 12.8 Å². The van der Waals surface area contributed by atoms with Crippen molar-refractivity contribution >= 4 is 15.9 Å². The Morgan fingerprint density at radius 1 is 1.37 bits per heavy atom. The molecule has 2 N–H and O–H groups in total. The van der Waals surface area contributed by atoms with Crippen LogP contribution in [0.25, 0.3) is 0 Å². The van der Waals surface area contributed by atoms with Crippen molar-refractivity contribution in [3.05, 3.63) is 15.9 Å². The number of nitrogens with two attached hydrogens (primary N) is 1. The number of aryl methyl sites for hydroxylation is 2. The Kier molecular flexibility index (Phi) is 3.73. The monoisotopic (exact) mass is 325 g/mol. The number of fused-ring (bicyclic) bond motifs is 1. The van der Waals surface area contributed by atoms with Crippen LogP contribution in [-0.2, 0) is 13.0 Å². The highest BCUT2D eigenvalue weighted by molar-refractivity contribution is 9.10. The number of hydrogen-bond acceptors (Lipinski definition) is 2. The van der Waals surface area contributed by atoms with Crippen molar-refractivity contribution in [3.63, 3.8) is 0 Å². The molecule has 1 aromatic heterocycles. The minimum Gasteiger partial charge on any atom is -0.327 e. The van der Waals surface area contributed by atoms with Crippen LogP contribution in [0.3, 0.4) is 0 Å². The smallest absolute Gasteiger partial charge is 0.0738 e. The maximum Gasteiger partial charge on any atom is 0.0738 e. The second kappa shape index (κ2) is 5.21. The lowest BCUT2D eigenvalue weighted by molar-refractivity contribution is 0.480. The first-order chi connectivity index (χ1) is 9.13. The van der Waals surface area contributed by atoms with E-state index in [-0.39, 0.29) is 0 Å². The van der Waals surface area contributed by atoms with Crippen LogP contribution >= 0.6 is 15.9 Å². The highest BCUT2D eigenvalue weighted by Crippen LogP contribution is 2.57. The predicted octanol–water partition coefficient (Wildman–Crippen LogP) is 3.28. The van der Waals surface area contributed by atoms with E-state index in [0.717, 1.165) is 40.9 Å². The third kappa shape index (κ3) is 2.38. The van der Waals surface area contributed by atoms with Crippen molar-refractivity contribution < 1.29 is 0 Å². The van der Waals surface area contributed by atoms with Crippen LogP contribution in [0.5, 0.6) is 0 Å². The van der Waals surface area contributed by atoms with Crippen molar-refractivity contribution in [2.24, 2.45) is 23.5 Å². The van der Waals surface area contributed by atoms with Crippen molar-refractivity contribution in [3.8, 4) is 0 Å². The lowest BCUT2D eigenvalue weighted by Gasteiger charge is -2.13. The highest BCUT2D eigenvalue weighted by Gasteiger charge is 2.53. The van der Waals surface area contributed by atoms with E-state index in [1.165, 1.54) is 31.4 Å². The van der Waals surface area contributed by atoms with Gasteiger partial charge >= 0.3 is 0 Å². The third-order valence-electron chi connectivity index (χ3n) is 5.10. The Hall–Kier alpha value is -0.350. The van der Waals surface area contributed by atoms with Gasteiger partial charge in [-0.15, -0.1) is 0 Å². The maximum absolute atomic E-state index is 6.51. The van der Waals surface area contributed by atoms with Gasteiger partial charge in [0.2, 0.25) is 0 Å². The predicted molar refractivity (Wildman–Crippen MR) is 81.0 cm³/mol. The van der Waals surface area contributed by atoms with Crippen molar-refractivity contribution in [2.45, 2.75) is 58.5 Å². The van der Waals surface area contributed by atoms with Crippen LogP contribution < -0.4 is 5.73 Å². The van der Waals surface area contributed by atoms with E-state index in [0.29, 0.717) is 6.04 Å². The van der Waals surface area contributed by atoms with Gasteiger partial charge in [0.05, 0.1) is 15.9 Å². The first-order valence-electron chi connectivity index (χ1n) is 7.60. The summed E-state index contributed by atoms with van der Waals surface area (Å²) in [5, 5.41) is 4.57. The van der Waals surface area contributed by atoms with E-state index in [9.17, 15) is 0 Å². The molecule has 1 aromatic rings. The molecule has 2 fully saturated rings. The quantitative estimate of drug-likeness (QED) is 0.923. The number of nitrogens with zero attached hydrogens (tertiary/aromatic N) is 2. The molecule has 4 heteroatoms. The van der Waals surface area contributed by atoms with Gasteiger partial charge in [0.15, 0.2) is 0 Å². The van der Waals surface area contributed by atoms with Crippen LogP contribution in [0.1, 0.15) is 44.0 Å². The van der Waals surface area contributed by atoms with Crippen molar-refractivity contribution in [1.82, 2.24) is 9.78 Å². The van der Waals surface area contributed by atoms with Gasteiger partial charge in [-0.25, -0.2) is 0 Å². The normalized spacial score (nSPS) is 31.1. The summed E-state index contributed by atoms with van der Waals surface area (Å²) < 4.78 is 3.26. The van der Waals surface area contributed by atoms with E-state index >= 15 is 0 Å². The maximum atomic E-state index is 6.51. The second-order valence-electron chi connectivity index (χ2n) is 6.22. The van der Waals surface area contributed by atoms with Crippen LogP contribution in [0, 0.1) is 24.7 Å². The molecule has 106 valence electrons. The van der Waals surface area contributed by atoms with Gasteiger partial charge in [-0.3, -0.25) is 4.68 Å². The molecule has 0 bridgehead atoms. The standard InChI is InChI=1S/C15H24BrN3/c1-3-19-13(15(16)9(2)18-19)8-12(17)14-10-6-4-5-7-11(10)14/h10-12,14H,3-8,17H2,1-2H3. The first-order valence-corrected chi connectivity index (χ1v) is 8.40. The fourth-order valence-corrected chi connectivity index (χ4v) is 4.55. The summed E-state index contributed by atoms with van der Waals surface area (Å²) in [6.07, 6.45) is 6.62. The molecule has 2 aliphatic rings. The van der Waals surface area contributed by atoms with E-state index in [2.05, 4.69) is 39.6 Å². The van der Waals surface area contributed by atoms with E-state index in [1.54, 1.807) is 0 Å². The minimum atomic E-state index is 0.311. The summed E-state index contributed by atoms with van der Waals surface area (Å²) in [6.45, 7) is 5.12. The summed E-state index contributed by atoms with van der Waals surface area (Å²) in [5.41, 5.74) is 8.88. The molecule has 0 saturated heterocycles. The Balaban J connectivity index is 1.71.